The topological polar surface area (TPSA) is 178 Å². The number of carbonyl (C=O) groups excluding carboxylic acids is 1. The van der Waals surface area contributed by atoms with Crippen LogP contribution in [0.4, 0.5) is 11.4 Å². The van der Waals surface area contributed by atoms with Crippen molar-refractivity contribution in [2.24, 2.45) is 0 Å². The second-order valence-electron chi connectivity index (χ2n) is 10.2. The largest absolute Gasteiger partial charge is 0.492 e. The van der Waals surface area contributed by atoms with Crippen LogP contribution in [0.15, 0.2) is 91.0 Å². The molecule has 1 aliphatic carbocycles. The first-order chi connectivity index (χ1) is 23.0. The van der Waals surface area contributed by atoms with Crippen molar-refractivity contribution in [2.45, 2.75) is 25.3 Å². The van der Waals surface area contributed by atoms with Crippen molar-refractivity contribution in [3.8, 4) is 11.8 Å². The number of nitriles is 1. The van der Waals surface area contributed by atoms with Gasteiger partial charge in [0, 0.05) is 60.7 Å². The Balaban J connectivity index is 0.000000694. The van der Waals surface area contributed by atoms with Crippen LogP contribution >= 0.6 is 11.6 Å². The number of fused-ring (bicyclic) bond motifs is 1. The van der Waals surface area contributed by atoms with Crippen LogP contribution < -0.4 is 15.1 Å². The quantitative estimate of drug-likeness (QED) is 0.125. The molecule has 250 valence electrons. The molecule has 1 amide bonds. The molecule has 0 spiro atoms. The highest BCUT2D eigenvalue weighted by Crippen LogP contribution is 2.39. The number of amides is 1. The molecule has 0 fully saturated rings. The third-order valence-electron chi connectivity index (χ3n) is 6.27. The molecule has 13 nitrogen and oxygen atoms in total. The van der Waals surface area contributed by atoms with Crippen molar-refractivity contribution < 1.29 is 34.2 Å². The van der Waals surface area contributed by atoms with Gasteiger partial charge in [-0.15, -0.1) is 11.6 Å². The van der Waals surface area contributed by atoms with Crippen molar-refractivity contribution in [3.63, 3.8) is 0 Å². The van der Waals surface area contributed by atoms with Gasteiger partial charge in [-0.2, -0.15) is 5.26 Å². The zero-order valence-electron chi connectivity index (χ0n) is 26.5. The number of likely N-dealkylation sites (N-methyl/N-ethyl adjacent to an activating group) is 1. The van der Waals surface area contributed by atoms with Gasteiger partial charge < -0.3 is 25.2 Å². The fourth-order valence-corrected chi connectivity index (χ4v) is 4.49. The maximum Gasteiger partial charge on any atom is 0.328 e. The van der Waals surface area contributed by atoms with E-state index in [2.05, 4.69) is 21.4 Å². The zero-order chi connectivity index (χ0) is 35.1. The highest BCUT2D eigenvalue weighted by Gasteiger charge is 2.25. The summed E-state index contributed by atoms with van der Waals surface area (Å²) in [5.74, 6) is -2.35. The minimum atomic E-state index is -1.26. The number of allylic oxidation sites excluding steroid dienone is 4. The van der Waals surface area contributed by atoms with Gasteiger partial charge in [0.2, 0.25) is 5.91 Å². The van der Waals surface area contributed by atoms with Crippen molar-refractivity contribution in [2.75, 3.05) is 37.6 Å². The number of hydrogen-bond donors (Lipinski definition) is 3. The van der Waals surface area contributed by atoms with Crippen molar-refractivity contribution in [1.82, 2.24) is 14.9 Å². The van der Waals surface area contributed by atoms with Crippen LogP contribution in [-0.2, 0) is 25.8 Å². The molecule has 1 atom stereocenters. The Hall–Kier alpha value is -5.55. The number of pyridine rings is 2. The number of aliphatic carboxylic acids is 2. The van der Waals surface area contributed by atoms with Crippen LogP contribution in [0.1, 0.15) is 24.6 Å². The van der Waals surface area contributed by atoms with Gasteiger partial charge in [0.15, 0.2) is 0 Å². The molecule has 4 rings (SSSR count). The van der Waals surface area contributed by atoms with Gasteiger partial charge in [-0.3, -0.25) is 19.6 Å². The number of hydrogen-bond acceptors (Lipinski definition) is 10. The lowest BCUT2D eigenvalue weighted by molar-refractivity contribution is -0.134. The molecular formula is C34H35ClN6O7. The summed E-state index contributed by atoms with van der Waals surface area (Å²) in [5, 5.41) is 30.6. The molecule has 2 aromatic heterocycles. The number of alkyl halides is 1. The van der Waals surface area contributed by atoms with Gasteiger partial charge in [0.05, 0.1) is 40.1 Å². The highest BCUT2D eigenvalue weighted by atomic mass is 35.5. The Bertz CT molecular complexity index is 1750. The molecule has 1 aromatic carbocycles. The van der Waals surface area contributed by atoms with Gasteiger partial charge in [0.1, 0.15) is 18.4 Å². The van der Waals surface area contributed by atoms with E-state index in [0.717, 1.165) is 11.4 Å². The number of anilines is 2. The average molecular weight is 675 g/mol. The Morgan fingerprint density at radius 3 is 2.50 bits per heavy atom. The van der Waals surface area contributed by atoms with Crippen LogP contribution in [0.3, 0.4) is 0 Å². The molecule has 2 heterocycles. The predicted octanol–water partition coefficient (Wildman–Crippen LogP) is 5.06. The minimum absolute atomic E-state index is 0.154. The third-order valence-corrected chi connectivity index (χ3v) is 6.57. The predicted molar refractivity (Wildman–Crippen MR) is 181 cm³/mol. The number of aromatic nitrogens is 2. The van der Waals surface area contributed by atoms with Crippen LogP contribution in [-0.4, -0.2) is 75.6 Å². The van der Waals surface area contributed by atoms with Gasteiger partial charge in [-0.1, -0.05) is 24.3 Å². The molecule has 0 radical (unpaired) electrons. The van der Waals surface area contributed by atoms with Gasteiger partial charge >= 0.3 is 11.9 Å². The normalized spacial score (nSPS) is 13.9. The summed E-state index contributed by atoms with van der Waals surface area (Å²) < 4.78 is 5.84. The standard InChI is InChI=1S/C30H31ClN6O3.C4H4O4/c1-4-39-28-17-26-25(16-27(28)35-29(38)12-8-14-36(2)3)30(21(18-32)19-34-26)37(24-11-7-9-22(31)15-24)40-20-23-10-5-6-13-33-23;5-3(6)1-2-4(7)8/h5-13,16-17,19,22H,4,14-15,20H2,1-3H3,(H,35,38);1-2H,(H,5,6)(H,7,8)/b12-8+;2-1-. The molecule has 0 aliphatic heterocycles. The first-order valence-electron chi connectivity index (χ1n) is 14.6. The Labute approximate surface area is 282 Å². The smallest absolute Gasteiger partial charge is 0.328 e. The first-order valence-corrected chi connectivity index (χ1v) is 15.1. The van der Waals surface area contributed by atoms with E-state index < -0.39 is 11.9 Å². The second kappa shape index (κ2) is 18.6. The summed E-state index contributed by atoms with van der Waals surface area (Å²) in [6.45, 7) is 3.03. The van der Waals surface area contributed by atoms with Gasteiger partial charge in [-0.05, 0) is 45.3 Å². The molecule has 3 N–H and O–H groups in total. The number of hydroxylamine groups is 1. The second-order valence-corrected chi connectivity index (χ2v) is 10.8. The van der Waals surface area contributed by atoms with Crippen molar-refractivity contribution in [3.05, 3.63) is 102 Å². The van der Waals surface area contributed by atoms with E-state index in [1.165, 1.54) is 12.3 Å². The monoisotopic (exact) mass is 674 g/mol. The number of ether oxygens (including phenoxy) is 1. The van der Waals surface area contributed by atoms with Gasteiger partial charge in [0.25, 0.3) is 0 Å². The third kappa shape index (κ3) is 11.4. The van der Waals surface area contributed by atoms with Crippen LogP contribution in [0, 0.1) is 11.3 Å². The number of rotatable bonds is 13. The van der Waals surface area contributed by atoms with E-state index in [1.807, 2.05) is 62.3 Å². The van der Waals surface area contributed by atoms with Crippen molar-refractivity contribution >= 4 is 51.7 Å². The van der Waals surface area contributed by atoms with Crippen LogP contribution in [0.2, 0.25) is 0 Å². The van der Waals surface area contributed by atoms with Crippen LogP contribution in [0.5, 0.6) is 5.75 Å². The fourth-order valence-electron chi connectivity index (χ4n) is 4.25. The summed E-state index contributed by atoms with van der Waals surface area (Å²) in [5.41, 5.74) is 3.27. The summed E-state index contributed by atoms with van der Waals surface area (Å²) >= 11 is 6.48. The zero-order valence-corrected chi connectivity index (χ0v) is 27.3. The summed E-state index contributed by atoms with van der Waals surface area (Å²) in [6, 6.07) is 11.3. The first kappa shape index (κ1) is 36.9. The van der Waals surface area contributed by atoms with Gasteiger partial charge in [-0.25, -0.2) is 14.7 Å². The molecule has 0 saturated heterocycles. The van der Waals surface area contributed by atoms with E-state index >= 15 is 0 Å². The summed E-state index contributed by atoms with van der Waals surface area (Å²) in [4.78, 5) is 49.0. The molecule has 0 bridgehead atoms. The SMILES string of the molecule is CCOc1cc2ncc(C#N)c(N(OCc3ccccn3)C3=CC=CC(Cl)C3)c2cc1NC(=O)/C=C/CN(C)C.O=C(O)/C=C\C(=O)O. The lowest BCUT2D eigenvalue weighted by Gasteiger charge is -2.30. The van der Waals surface area contributed by atoms with E-state index in [0.29, 0.717) is 65.3 Å². The van der Waals surface area contributed by atoms with E-state index in [4.69, 9.17) is 31.4 Å². The molecule has 48 heavy (non-hydrogen) atoms. The lowest BCUT2D eigenvalue weighted by atomic mass is 10.1. The summed E-state index contributed by atoms with van der Waals surface area (Å²) in [7, 11) is 3.84. The van der Waals surface area contributed by atoms with E-state index in [9.17, 15) is 19.6 Å². The van der Waals surface area contributed by atoms with E-state index in [1.54, 1.807) is 29.5 Å². The average Bonchev–Trinajstić information content (AvgIpc) is 3.05. The number of halogens is 1. The summed E-state index contributed by atoms with van der Waals surface area (Å²) in [6.07, 6.45) is 13.7. The molecule has 14 heteroatoms. The lowest BCUT2D eigenvalue weighted by Crippen LogP contribution is -2.27. The molecule has 1 aliphatic rings. The molecule has 1 unspecified atom stereocenters. The van der Waals surface area contributed by atoms with E-state index in [-0.39, 0.29) is 17.9 Å². The Morgan fingerprint density at radius 1 is 1.15 bits per heavy atom. The number of benzene rings is 1. The number of carboxylic acid groups (broad SMARTS) is 2. The maximum atomic E-state index is 12.8. The molecular weight excluding hydrogens is 640 g/mol. The fraction of sp³-hybridized carbons (Fsp3) is 0.235. The Morgan fingerprint density at radius 2 is 1.90 bits per heavy atom. The van der Waals surface area contributed by atoms with Crippen molar-refractivity contribution in [1.29, 1.82) is 5.26 Å². The van der Waals surface area contributed by atoms with Crippen LogP contribution in [0.25, 0.3) is 10.9 Å². The maximum absolute atomic E-state index is 12.8. The number of nitrogens with one attached hydrogen (secondary N) is 1. The number of carboxylic acids is 2. The minimum Gasteiger partial charge on any atom is -0.492 e. The molecule has 3 aromatic rings. The number of nitrogens with zero attached hydrogens (tertiary/aromatic N) is 5. The number of carbonyl (C=O) groups is 3. The highest BCUT2D eigenvalue weighted by molar-refractivity contribution is 6.22. The molecule has 0 saturated carbocycles. The Kier molecular flexibility index (Phi) is 14.3.